The Hall–Kier alpha value is -3.42. The van der Waals surface area contributed by atoms with Crippen molar-refractivity contribution in [2.24, 2.45) is 0 Å². The van der Waals surface area contributed by atoms with Gasteiger partial charge in [0.1, 0.15) is 23.3 Å². The highest BCUT2D eigenvalue weighted by molar-refractivity contribution is 5.94. The Morgan fingerprint density at radius 3 is 2.66 bits per heavy atom. The van der Waals surface area contributed by atoms with Crippen molar-refractivity contribution in [2.75, 3.05) is 18.0 Å². The van der Waals surface area contributed by atoms with Crippen molar-refractivity contribution in [3.63, 3.8) is 0 Å². The van der Waals surface area contributed by atoms with Gasteiger partial charge in [0.15, 0.2) is 0 Å². The molecule has 7 nitrogen and oxygen atoms in total. The molecule has 166 valence electrons. The van der Waals surface area contributed by atoms with Gasteiger partial charge in [0.2, 0.25) is 0 Å². The van der Waals surface area contributed by atoms with Gasteiger partial charge in [0.25, 0.3) is 5.91 Å². The number of carbonyl (C=O) groups excluding carboxylic acids is 1. The number of halogens is 1. The Balaban J connectivity index is 1.43. The average molecular weight is 435 g/mol. The summed E-state index contributed by atoms with van der Waals surface area (Å²) < 4.78 is 13.0. The fourth-order valence-corrected chi connectivity index (χ4v) is 4.04. The predicted octanol–water partition coefficient (Wildman–Crippen LogP) is 3.64. The number of hydrogen-bond acceptors (Lipinski definition) is 6. The van der Waals surface area contributed by atoms with E-state index in [-0.39, 0.29) is 17.6 Å². The highest BCUT2D eigenvalue weighted by Crippen LogP contribution is 2.28. The molecule has 0 bridgehead atoms. The monoisotopic (exact) mass is 434 g/mol. The van der Waals surface area contributed by atoms with Crippen molar-refractivity contribution in [3.05, 3.63) is 76.5 Å². The van der Waals surface area contributed by atoms with Gasteiger partial charge in [-0.3, -0.25) is 4.79 Å². The third-order valence-electron chi connectivity index (χ3n) is 5.67. The summed E-state index contributed by atoms with van der Waals surface area (Å²) in [5.74, 6) is 2.10. The van der Waals surface area contributed by atoms with Crippen molar-refractivity contribution in [1.82, 2.24) is 25.3 Å². The van der Waals surface area contributed by atoms with Gasteiger partial charge < -0.3 is 10.2 Å². The summed E-state index contributed by atoms with van der Waals surface area (Å²) in [5, 5.41) is 2.85. The lowest BCUT2D eigenvalue weighted by atomic mass is 9.96. The van der Waals surface area contributed by atoms with Crippen molar-refractivity contribution < 1.29 is 9.18 Å². The molecule has 3 heterocycles. The van der Waals surface area contributed by atoms with E-state index < -0.39 is 0 Å². The zero-order valence-corrected chi connectivity index (χ0v) is 18.6. The number of amides is 1. The van der Waals surface area contributed by atoms with Crippen LogP contribution in [-0.4, -0.2) is 38.9 Å². The van der Waals surface area contributed by atoms with Crippen LogP contribution in [0, 0.1) is 26.6 Å². The maximum atomic E-state index is 13.0. The quantitative estimate of drug-likeness (QED) is 0.660. The molecule has 1 amide bonds. The lowest BCUT2D eigenvalue weighted by Crippen LogP contribution is -2.36. The molecule has 0 aliphatic carbocycles. The first-order chi connectivity index (χ1) is 15.4. The number of benzene rings is 1. The Morgan fingerprint density at radius 1 is 1.16 bits per heavy atom. The fraction of sp³-hybridized carbons (Fsp3) is 0.375. The summed E-state index contributed by atoms with van der Waals surface area (Å²) >= 11 is 0. The van der Waals surface area contributed by atoms with Gasteiger partial charge in [-0.2, -0.15) is 0 Å². The molecule has 1 saturated heterocycles. The van der Waals surface area contributed by atoms with E-state index in [1.807, 2.05) is 26.8 Å². The van der Waals surface area contributed by atoms with Crippen LogP contribution in [-0.2, 0) is 6.54 Å². The van der Waals surface area contributed by atoms with Crippen LogP contribution in [0.3, 0.4) is 0 Å². The van der Waals surface area contributed by atoms with Crippen molar-refractivity contribution in [2.45, 2.75) is 46.1 Å². The Labute approximate surface area is 187 Å². The van der Waals surface area contributed by atoms with Crippen LogP contribution in [0.15, 0.2) is 36.5 Å². The number of rotatable bonds is 5. The van der Waals surface area contributed by atoms with Gasteiger partial charge in [0.05, 0.1) is 11.3 Å². The van der Waals surface area contributed by atoms with Crippen molar-refractivity contribution in [3.8, 4) is 0 Å². The topological polar surface area (TPSA) is 83.9 Å². The summed E-state index contributed by atoms with van der Waals surface area (Å²) in [4.78, 5) is 33.0. The van der Waals surface area contributed by atoms with E-state index in [4.69, 9.17) is 0 Å². The van der Waals surface area contributed by atoms with Crippen LogP contribution in [0.2, 0.25) is 0 Å². The molecule has 4 rings (SSSR count). The van der Waals surface area contributed by atoms with Crippen LogP contribution < -0.4 is 10.2 Å². The smallest absolute Gasteiger partial charge is 0.254 e. The van der Waals surface area contributed by atoms with Gasteiger partial charge in [-0.1, -0.05) is 12.1 Å². The second-order valence-electron chi connectivity index (χ2n) is 8.24. The lowest BCUT2D eigenvalue weighted by molar-refractivity contribution is 0.0949. The Kier molecular flexibility index (Phi) is 6.39. The molecule has 1 aromatic carbocycles. The normalized spacial score (nSPS) is 16.1. The zero-order chi connectivity index (χ0) is 22.7. The van der Waals surface area contributed by atoms with Gasteiger partial charge >= 0.3 is 0 Å². The zero-order valence-electron chi connectivity index (χ0n) is 18.6. The summed E-state index contributed by atoms with van der Waals surface area (Å²) in [7, 11) is 0. The minimum atomic E-state index is -0.300. The van der Waals surface area contributed by atoms with E-state index in [1.54, 1.807) is 18.3 Å². The van der Waals surface area contributed by atoms with Crippen LogP contribution >= 0.6 is 0 Å². The molecule has 0 saturated carbocycles. The summed E-state index contributed by atoms with van der Waals surface area (Å²) in [6.07, 6.45) is 3.62. The maximum absolute atomic E-state index is 13.0. The number of anilines is 1. The number of aryl methyl sites for hydroxylation is 3. The number of aromatic nitrogens is 4. The highest BCUT2D eigenvalue weighted by Gasteiger charge is 2.25. The number of nitrogens with zero attached hydrogens (tertiary/aromatic N) is 5. The van der Waals surface area contributed by atoms with E-state index in [1.165, 1.54) is 12.1 Å². The third kappa shape index (κ3) is 5.07. The van der Waals surface area contributed by atoms with Gasteiger partial charge in [-0.25, -0.2) is 24.3 Å². The number of piperidine rings is 1. The maximum Gasteiger partial charge on any atom is 0.254 e. The minimum absolute atomic E-state index is 0.175. The molecule has 1 aliphatic heterocycles. The molecule has 32 heavy (non-hydrogen) atoms. The second kappa shape index (κ2) is 9.38. The molecule has 2 aromatic heterocycles. The molecule has 1 N–H and O–H groups in total. The average Bonchev–Trinajstić information content (AvgIpc) is 2.78. The van der Waals surface area contributed by atoms with E-state index in [0.29, 0.717) is 17.8 Å². The van der Waals surface area contributed by atoms with Gasteiger partial charge in [-0.15, -0.1) is 0 Å². The minimum Gasteiger partial charge on any atom is -0.356 e. The molecule has 0 spiro atoms. The van der Waals surface area contributed by atoms with Gasteiger partial charge in [-0.05, 0) is 51.3 Å². The van der Waals surface area contributed by atoms with E-state index in [9.17, 15) is 9.18 Å². The molecular weight excluding hydrogens is 407 g/mol. The van der Waals surface area contributed by atoms with Gasteiger partial charge in [0, 0.05) is 43.5 Å². The van der Waals surface area contributed by atoms with Crippen LogP contribution in [0.5, 0.6) is 0 Å². The van der Waals surface area contributed by atoms with E-state index in [2.05, 4.69) is 30.2 Å². The molecule has 3 aromatic rings. The number of nitrogens with one attached hydrogen (secondary N) is 1. The Bertz CT molecular complexity index is 1100. The largest absolute Gasteiger partial charge is 0.356 e. The molecule has 1 atom stereocenters. The molecule has 8 heteroatoms. The molecule has 0 unspecified atom stereocenters. The summed E-state index contributed by atoms with van der Waals surface area (Å²) in [6.45, 7) is 7.75. The van der Waals surface area contributed by atoms with E-state index in [0.717, 1.165) is 54.7 Å². The fourth-order valence-electron chi connectivity index (χ4n) is 4.04. The van der Waals surface area contributed by atoms with Crippen LogP contribution in [0.4, 0.5) is 10.2 Å². The van der Waals surface area contributed by atoms with E-state index >= 15 is 0 Å². The predicted molar refractivity (Wildman–Crippen MR) is 120 cm³/mol. The Morgan fingerprint density at radius 2 is 1.94 bits per heavy atom. The molecule has 1 aliphatic rings. The molecule has 0 radical (unpaired) electrons. The van der Waals surface area contributed by atoms with Crippen molar-refractivity contribution >= 4 is 11.7 Å². The van der Waals surface area contributed by atoms with Crippen LogP contribution in [0.1, 0.15) is 57.7 Å². The first-order valence-corrected chi connectivity index (χ1v) is 10.8. The summed E-state index contributed by atoms with van der Waals surface area (Å²) in [6, 6.07) is 8.07. The summed E-state index contributed by atoms with van der Waals surface area (Å²) in [5.41, 5.74) is 2.88. The van der Waals surface area contributed by atoms with Crippen LogP contribution in [0.25, 0.3) is 0 Å². The molecular formula is C24H27FN6O. The first-order valence-electron chi connectivity index (χ1n) is 10.8. The number of hydrogen-bond donors (Lipinski definition) is 1. The molecule has 1 fully saturated rings. The lowest BCUT2D eigenvalue weighted by Gasteiger charge is -2.33. The number of carbonyl (C=O) groups is 1. The first kappa shape index (κ1) is 21.8. The standard InChI is InChI=1S/C24H27FN6O/c1-15-11-22(30-17(3)28-15)31-10-4-5-19(14-31)23-26-13-21(16(2)29-23)24(32)27-12-18-6-8-20(25)9-7-18/h6-9,11,13,19H,4-5,10,12,14H2,1-3H3,(H,27,32)/t19-/m0/s1. The third-order valence-corrected chi connectivity index (χ3v) is 5.67. The second-order valence-corrected chi connectivity index (χ2v) is 8.24. The van der Waals surface area contributed by atoms with Crippen molar-refractivity contribution in [1.29, 1.82) is 0 Å². The SMILES string of the molecule is Cc1cc(N2CCC[C@H](c3ncc(C(=O)NCc4ccc(F)cc4)c(C)n3)C2)nc(C)n1. The highest BCUT2D eigenvalue weighted by atomic mass is 19.1.